The summed E-state index contributed by atoms with van der Waals surface area (Å²) in [5.41, 5.74) is 9.35. The summed E-state index contributed by atoms with van der Waals surface area (Å²) < 4.78 is 10.7. The lowest BCUT2D eigenvalue weighted by molar-refractivity contribution is -0.0298. The van der Waals surface area contributed by atoms with E-state index in [1.165, 1.54) is 36.8 Å². The molecule has 0 aromatic heterocycles. The van der Waals surface area contributed by atoms with Crippen molar-refractivity contribution in [3.05, 3.63) is 29.3 Å². The number of amides is 1. The van der Waals surface area contributed by atoms with Gasteiger partial charge in [-0.2, -0.15) is 0 Å². The van der Waals surface area contributed by atoms with Gasteiger partial charge in [0.2, 0.25) is 0 Å². The van der Waals surface area contributed by atoms with Crippen LogP contribution in [0.5, 0.6) is 5.75 Å². The summed E-state index contributed by atoms with van der Waals surface area (Å²) in [6, 6.07) is 6.29. The van der Waals surface area contributed by atoms with Crippen LogP contribution in [-0.4, -0.2) is 31.9 Å². The van der Waals surface area contributed by atoms with Crippen LogP contribution in [-0.2, 0) is 16.6 Å². The largest absolute Gasteiger partial charge is 0.412 e. The second-order valence-electron chi connectivity index (χ2n) is 8.50. The highest BCUT2D eigenvalue weighted by molar-refractivity contribution is 5.70. The van der Waals surface area contributed by atoms with Crippen LogP contribution in [0.4, 0.5) is 4.79 Å². The molecule has 3 atom stereocenters. The Kier molecular flexibility index (Phi) is 4.93. The Morgan fingerprint density at radius 3 is 2.96 bits per heavy atom. The van der Waals surface area contributed by atoms with Gasteiger partial charge in [-0.05, 0) is 48.4 Å². The van der Waals surface area contributed by atoms with Crippen molar-refractivity contribution >= 4 is 6.09 Å². The van der Waals surface area contributed by atoms with E-state index in [0.717, 1.165) is 26.1 Å². The third kappa shape index (κ3) is 3.35. The Hall–Kier alpha value is -1.59. The van der Waals surface area contributed by atoms with Crippen molar-refractivity contribution in [2.24, 2.45) is 17.6 Å². The highest BCUT2D eigenvalue weighted by Crippen LogP contribution is 2.46. The van der Waals surface area contributed by atoms with Gasteiger partial charge >= 0.3 is 6.09 Å². The monoisotopic (exact) mass is 358 g/mol. The predicted molar refractivity (Wildman–Crippen MR) is 100 cm³/mol. The van der Waals surface area contributed by atoms with Crippen LogP contribution in [0.3, 0.4) is 0 Å². The van der Waals surface area contributed by atoms with Gasteiger partial charge in [0.05, 0.1) is 13.2 Å². The molecule has 2 aliphatic carbocycles. The van der Waals surface area contributed by atoms with E-state index in [0.29, 0.717) is 24.1 Å². The highest BCUT2D eigenvalue weighted by Gasteiger charge is 2.43. The van der Waals surface area contributed by atoms with Crippen LogP contribution in [0, 0.1) is 11.8 Å². The Labute approximate surface area is 155 Å². The third-order valence-electron chi connectivity index (χ3n) is 6.65. The molecule has 1 amide bonds. The van der Waals surface area contributed by atoms with Gasteiger partial charge in [0.25, 0.3) is 0 Å². The fourth-order valence-electron chi connectivity index (χ4n) is 4.87. The smallest absolute Gasteiger partial charge is 0.410 e. The molecule has 2 bridgehead atoms. The van der Waals surface area contributed by atoms with E-state index in [4.69, 9.17) is 15.2 Å². The first-order valence-electron chi connectivity index (χ1n) is 9.99. The molecule has 4 rings (SSSR count). The van der Waals surface area contributed by atoms with Crippen molar-refractivity contribution in [2.45, 2.75) is 56.9 Å². The SMILES string of the molecule is C[C@@]12CCCCC[C@@H](Cc3ccc(OC(=O)NCC4COC4)cc31)[C@@H]2N. The lowest BCUT2D eigenvalue weighted by atomic mass is 9.60. The van der Waals surface area contributed by atoms with E-state index >= 15 is 0 Å². The lowest BCUT2D eigenvalue weighted by Gasteiger charge is -2.47. The zero-order chi connectivity index (χ0) is 18.1. The van der Waals surface area contributed by atoms with Crippen molar-refractivity contribution < 1.29 is 14.3 Å². The minimum Gasteiger partial charge on any atom is -0.410 e. The molecular formula is C21H30N2O3. The maximum atomic E-state index is 12.1. The van der Waals surface area contributed by atoms with E-state index in [2.05, 4.69) is 24.4 Å². The molecule has 142 valence electrons. The molecular weight excluding hydrogens is 328 g/mol. The number of rotatable bonds is 3. The lowest BCUT2D eigenvalue weighted by Crippen LogP contribution is -2.52. The molecule has 5 heteroatoms. The topological polar surface area (TPSA) is 73.6 Å². The van der Waals surface area contributed by atoms with E-state index < -0.39 is 6.09 Å². The number of benzene rings is 1. The summed E-state index contributed by atoms with van der Waals surface area (Å²) in [5, 5.41) is 2.83. The second kappa shape index (κ2) is 7.20. The predicted octanol–water partition coefficient (Wildman–Crippen LogP) is 3.14. The van der Waals surface area contributed by atoms with Gasteiger partial charge in [0, 0.05) is 23.9 Å². The van der Waals surface area contributed by atoms with Crippen LogP contribution in [0.25, 0.3) is 0 Å². The number of carbonyl (C=O) groups excluding carboxylic acids is 1. The first-order valence-corrected chi connectivity index (χ1v) is 9.99. The Balaban J connectivity index is 1.51. The van der Waals surface area contributed by atoms with Crippen molar-refractivity contribution in [2.75, 3.05) is 19.8 Å². The van der Waals surface area contributed by atoms with Crippen LogP contribution in [0.15, 0.2) is 18.2 Å². The molecule has 0 unspecified atom stereocenters. The average Bonchev–Trinajstić information content (AvgIpc) is 2.58. The molecule has 0 spiro atoms. The minimum absolute atomic E-state index is 0.0300. The van der Waals surface area contributed by atoms with Gasteiger partial charge in [0.15, 0.2) is 0 Å². The molecule has 0 radical (unpaired) electrons. The van der Waals surface area contributed by atoms with Gasteiger partial charge in [-0.15, -0.1) is 0 Å². The van der Waals surface area contributed by atoms with Crippen LogP contribution >= 0.6 is 0 Å². The first-order chi connectivity index (χ1) is 12.6. The summed E-state index contributed by atoms with van der Waals surface area (Å²) in [6.45, 7) is 4.34. The third-order valence-corrected chi connectivity index (χ3v) is 6.65. The fourth-order valence-corrected chi connectivity index (χ4v) is 4.87. The molecule has 26 heavy (non-hydrogen) atoms. The fraction of sp³-hybridized carbons (Fsp3) is 0.667. The first kappa shape index (κ1) is 17.8. The van der Waals surface area contributed by atoms with Crippen molar-refractivity contribution in [3.63, 3.8) is 0 Å². The number of ether oxygens (including phenoxy) is 2. The van der Waals surface area contributed by atoms with E-state index in [9.17, 15) is 4.79 Å². The van der Waals surface area contributed by atoms with E-state index in [1.807, 2.05) is 6.07 Å². The number of hydrogen-bond donors (Lipinski definition) is 2. The summed E-state index contributed by atoms with van der Waals surface area (Å²) in [6.07, 6.45) is 6.77. The molecule has 1 saturated heterocycles. The standard InChI is InChI=1S/C21H30N2O3/c1-21-8-4-2-3-5-16(19(21)22)9-15-6-7-17(10-18(15)21)26-20(24)23-11-14-12-25-13-14/h6-7,10,14,16,19H,2-5,8-9,11-13,22H2,1H3,(H,23,24)/t16-,19-,21+/m0/s1. The molecule has 1 heterocycles. The highest BCUT2D eigenvalue weighted by atomic mass is 16.6. The molecule has 1 saturated carbocycles. The number of hydrogen-bond acceptors (Lipinski definition) is 4. The summed E-state index contributed by atoms with van der Waals surface area (Å²) in [4.78, 5) is 12.1. The van der Waals surface area contributed by atoms with Gasteiger partial charge in [-0.3, -0.25) is 0 Å². The van der Waals surface area contributed by atoms with Crippen LogP contribution < -0.4 is 15.8 Å². The zero-order valence-corrected chi connectivity index (χ0v) is 15.6. The van der Waals surface area contributed by atoms with E-state index in [-0.39, 0.29) is 11.5 Å². The minimum atomic E-state index is -0.391. The summed E-state index contributed by atoms with van der Waals surface area (Å²) in [5.74, 6) is 1.59. The van der Waals surface area contributed by atoms with Crippen molar-refractivity contribution in [1.29, 1.82) is 0 Å². The van der Waals surface area contributed by atoms with Crippen LogP contribution in [0.2, 0.25) is 0 Å². The van der Waals surface area contributed by atoms with Gasteiger partial charge in [-0.1, -0.05) is 32.3 Å². The molecule has 3 aliphatic rings. The molecule has 1 aliphatic heterocycles. The molecule has 1 aromatic rings. The summed E-state index contributed by atoms with van der Waals surface area (Å²) in [7, 11) is 0. The van der Waals surface area contributed by atoms with E-state index in [1.54, 1.807) is 0 Å². The molecule has 5 nitrogen and oxygen atoms in total. The molecule has 3 N–H and O–H groups in total. The van der Waals surface area contributed by atoms with Crippen molar-refractivity contribution in [1.82, 2.24) is 5.32 Å². The molecule has 1 aromatic carbocycles. The number of nitrogens with one attached hydrogen (secondary N) is 1. The second-order valence-corrected chi connectivity index (χ2v) is 8.50. The Morgan fingerprint density at radius 2 is 2.19 bits per heavy atom. The average molecular weight is 358 g/mol. The van der Waals surface area contributed by atoms with Gasteiger partial charge in [0.1, 0.15) is 5.75 Å². The zero-order valence-electron chi connectivity index (χ0n) is 15.6. The Morgan fingerprint density at radius 1 is 1.35 bits per heavy atom. The van der Waals surface area contributed by atoms with Crippen molar-refractivity contribution in [3.8, 4) is 5.75 Å². The number of carbonyl (C=O) groups is 1. The normalized spacial score (nSPS) is 31.2. The van der Waals surface area contributed by atoms with Crippen LogP contribution in [0.1, 0.15) is 50.2 Å². The van der Waals surface area contributed by atoms with Gasteiger partial charge in [-0.25, -0.2) is 4.79 Å². The maximum Gasteiger partial charge on any atom is 0.412 e. The maximum absolute atomic E-state index is 12.1. The number of nitrogens with two attached hydrogens (primary N) is 1. The molecule has 2 fully saturated rings. The Bertz CT molecular complexity index is 673. The quantitative estimate of drug-likeness (QED) is 0.870. The van der Waals surface area contributed by atoms with Gasteiger partial charge < -0.3 is 20.5 Å². The number of fused-ring (bicyclic) bond motifs is 4. The summed E-state index contributed by atoms with van der Waals surface area (Å²) >= 11 is 0.